The molecule has 3 aliphatic rings. The van der Waals surface area contributed by atoms with E-state index in [0.717, 1.165) is 42.6 Å². The van der Waals surface area contributed by atoms with Gasteiger partial charge in [-0.2, -0.15) is 5.26 Å². The van der Waals surface area contributed by atoms with E-state index in [-0.39, 0.29) is 36.7 Å². The summed E-state index contributed by atoms with van der Waals surface area (Å²) >= 11 is 1.62. The van der Waals surface area contributed by atoms with Crippen LogP contribution in [0.25, 0.3) is 11.3 Å². The second-order valence-electron chi connectivity index (χ2n) is 11.0. The molecule has 1 N–H and O–H groups in total. The number of hydrogen-bond acceptors (Lipinski definition) is 9. The first-order valence-corrected chi connectivity index (χ1v) is 14.3. The Balaban J connectivity index is 1.27. The zero-order valence-electron chi connectivity index (χ0n) is 22.5. The molecule has 0 radical (unpaired) electrons. The minimum atomic E-state index is -0.812. The number of amides is 2. The number of nitriles is 1. The number of carbonyl (C=O) groups excluding carboxylic acids is 3. The third-order valence-corrected chi connectivity index (χ3v) is 8.55. The van der Waals surface area contributed by atoms with Crippen LogP contribution < -0.4 is 10.2 Å². The number of nitrogens with zero attached hydrogens (tertiary/aromatic N) is 5. The van der Waals surface area contributed by atoms with Gasteiger partial charge in [0.15, 0.2) is 10.9 Å². The lowest BCUT2D eigenvalue weighted by atomic mass is 10.0. The quantitative estimate of drug-likeness (QED) is 0.556. The monoisotopic (exact) mass is 550 g/mol. The van der Waals surface area contributed by atoms with Gasteiger partial charge in [-0.1, -0.05) is 26.0 Å². The molecule has 10 nitrogen and oxygen atoms in total. The fourth-order valence-electron chi connectivity index (χ4n) is 5.46. The van der Waals surface area contributed by atoms with E-state index in [1.807, 2.05) is 31.4 Å². The molecule has 0 saturated carbocycles. The molecular formula is C28H34N6O4S. The van der Waals surface area contributed by atoms with Crippen LogP contribution in [0, 0.1) is 23.2 Å². The van der Waals surface area contributed by atoms with Crippen molar-refractivity contribution in [1.82, 2.24) is 20.1 Å². The van der Waals surface area contributed by atoms with E-state index in [0.29, 0.717) is 12.0 Å². The Bertz CT molecular complexity index is 1260. The minimum Gasteiger partial charge on any atom is -0.366 e. The van der Waals surface area contributed by atoms with Crippen LogP contribution in [0.2, 0.25) is 0 Å². The molecule has 4 atom stereocenters. The summed E-state index contributed by atoms with van der Waals surface area (Å²) in [5, 5.41) is 15.4. The fourth-order valence-corrected chi connectivity index (χ4v) is 6.35. The van der Waals surface area contributed by atoms with Crippen molar-refractivity contribution in [2.45, 2.75) is 38.5 Å². The molecule has 2 aromatic rings. The number of thiazole rings is 1. The average Bonchev–Trinajstić information content (AvgIpc) is 3.65. The maximum atomic E-state index is 13.6. The largest absolute Gasteiger partial charge is 0.366 e. The first-order chi connectivity index (χ1) is 18.7. The van der Waals surface area contributed by atoms with Gasteiger partial charge < -0.3 is 24.8 Å². The number of rotatable bonds is 7. The molecule has 4 heterocycles. The highest BCUT2D eigenvalue weighted by Gasteiger charge is 2.53. The topological polar surface area (TPSA) is 119 Å². The summed E-state index contributed by atoms with van der Waals surface area (Å²) in [5.74, 6) is -1.34. The Labute approximate surface area is 232 Å². The maximum Gasteiger partial charge on any atom is 0.251 e. The lowest BCUT2D eigenvalue weighted by Crippen LogP contribution is -2.52. The number of piperazine rings is 1. The van der Waals surface area contributed by atoms with Crippen molar-refractivity contribution in [2.75, 3.05) is 51.3 Å². The molecule has 3 saturated heterocycles. The third kappa shape index (κ3) is 5.69. The van der Waals surface area contributed by atoms with Gasteiger partial charge in [0.25, 0.3) is 5.91 Å². The average molecular weight is 551 g/mol. The summed E-state index contributed by atoms with van der Waals surface area (Å²) in [6, 6.07) is 7.80. The SMILES string of the molecule is CC(C)CC(NC(=O)c1ccc(-c2csc(N3CCN(C)CC3)n2)cc1)C(=O)N1CC(C#N)[C@H]2OCC(=O)[C@H]21. The van der Waals surface area contributed by atoms with E-state index in [2.05, 4.69) is 28.2 Å². The van der Waals surface area contributed by atoms with Gasteiger partial charge in [-0.3, -0.25) is 14.4 Å². The molecule has 1 aromatic carbocycles. The Morgan fingerprint density at radius 1 is 1.21 bits per heavy atom. The molecule has 3 aliphatic heterocycles. The molecule has 3 fully saturated rings. The minimum absolute atomic E-state index is 0.0965. The van der Waals surface area contributed by atoms with Crippen LogP contribution in [0.4, 0.5) is 5.13 Å². The van der Waals surface area contributed by atoms with Gasteiger partial charge in [-0.25, -0.2) is 4.98 Å². The van der Waals surface area contributed by atoms with Gasteiger partial charge in [0.1, 0.15) is 24.8 Å². The molecule has 2 amide bonds. The van der Waals surface area contributed by atoms with Crippen molar-refractivity contribution in [3.05, 3.63) is 35.2 Å². The van der Waals surface area contributed by atoms with Crippen molar-refractivity contribution in [2.24, 2.45) is 11.8 Å². The molecule has 0 bridgehead atoms. The summed E-state index contributed by atoms with van der Waals surface area (Å²) in [7, 11) is 2.13. The Morgan fingerprint density at radius 2 is 1.92 bits per heavy atom. The van der Waals surface area contributed by atoms with Crippen LogP contribution in [0.5, 0.6) is 0 Å². The zero-order chi connectivity index (χ0) is 27.7. The first kappa shape index (κ1) is 27.2. The number of hydrogen-bond donors (Lipinski definition) is 1. The van der Waals surface area contributed by atoms with Crippen LogP contribution in [-0.4, -0.2) is 96.9 Å². The molecule has 0 aliphatic carbocycles. The molecular weight excluding hydrogens is 516 g/mol. The van der Waals surface area contributed by atoms with E-state index in [1.54, 1.807) is 23.5 Å². The number of likely N-dealkylation sites (N-methyl/N-ethyl adjacent to an activating group) is 1. The normalized spacial score (nSPS) is 24.1. The second kappa shape index (κ2) is 11.4. The Kier molecular flexibility index (Phi) is 7.98. The van der Waals surface area contributed by atoms with Gasteiger partial charge in [-0.15, -0.1) is 11.3 Å². The number of carbonyl (C=O) groups is 3. The maximum absolute atomic E-state index is 13.6. The molecule has 11 heteroatoms. The van der Waals surface area contributed by atoms with Crippen LogP contribution in [0.3, 0.4) is 0 Å². The number of nitrogens with one attached hydrogen (secondary N) is 1. The predicted octanol–water partition coefficient (Wildman–Crippen LogP) is 2.02. The van der Waals surface area contributed by atoms with Crippen LogP contribution >= 0.6 is 11.3 Å². The second-order valence-corrected chi connectivity index (χ2v) is 11.8. The van der Waals surface area contributed by atoms with E-state index in [1.165, 1.54) is 4.90 Å². The summed E-state index contributed by atoms with van der Waals surface area (Å²) in [6.45, 7) is 7.91. The highest BCUT2D eigenvalue weighted by Crippen LogP contribution is 2.32. The highest BCUT2D eigenvalue weighted by atomic mass is 32.1. The van der Waals surface area contributed by atoms with E-state index in [9.17, 15) is 19.6 Å². The Hall–Kier alpha value is -3.33. The van der Waals surface area contributed by atoms with Crippen molar-refractivity contribution in [3.63, 3.8) is 0 Å². The first-order valence-electron chi connectivity index (χ1n) is 13.4. The fraction of sp³-hybridized carbons (Fsp3) is 0.536. The van der Waals surface area contributed by atoms with E-state index >= 15 is 0 Å². The van der Waals surface area contributed by atoms with Crippen molar-refractivity contribution in [3.8, 4) is 17.3 Å². The number of benzene rings is 1. The van der Waals surface area contributed by atoms with Crippen molar-refractivity contribution in [1.29, 1.82) is 5.26 Å². The number of anilines is 1. The van der Waals surface area contributed by atoms with Gasteiger partial charge in [0.05, 0.1) is 17.7 Å². The number of ketones is 1. The van der Waals surface area contributed by atoms with Gasteiger partial charge in [0.2, 0.25) is 5.91 Å². The molecule has 39 heavy (non-hydrogen) atoms. The molecule has 1 aromatic heterocycles. The molecule has 2 unspecified atom stereocenters. The standard InChI is InChI=1S/C28H34N6O4S/c1-17(2)12-21(27(37)34-14-20(13-29)25-24(34)23(35)15-38-25)30-26(36)19-6-4-18(5-7-19)22-16-39-28(31-22)33-10-8-32(3)9-11-33/h4-7,16-17,20-21,24-25H,8-12,14-15H2,1-3H3,(H,30,36)/t20?,21?,24-,25-/m1/s1. The summed E-state index contributed by atoms with van der Waals surface area (Å²) in [4.78, 5) is 50.1. The number of fused-ring (bicyclic) bond motifs is 1. The third-order valence-electron chi connectivity index (χ3n) is 7.65. The summed E-state index contributed by atoms with van der Waals surface area (Å²) < 4.78 is 5.51. The molecule has 5 rings (SSSR count). The predicted molar refractivity (Wildman–Crippen MR) is 147 cm³/mol. The van der Waals surface area contributed by atoms with Crippen LogP contribution in [0.15, 0.2) is 29.6 Å². The smallest absolute Gasteiger partial charge is 0.251 e. The zero-order valence-corrected chi connectivity index (χ0v) is 23.3. The van der Waals surface area contributed by atoms with E-state index < -0.39 is 24.1 Å². The highest BCUT2D eigenvalue weighted by molar-refractivity contribution is 7.14. The van der Waals surface area contributed by atoms with E-state index in [4.69, 9.17) is 9.72 Å². The van der Waals surface area contributed by atoms with Gasteiger partial charge >= 0.3 is 0 Å². The van der Waals surface area contributed by atoms with Crippen LogP contribution in [0.1, 0.15) is 30.6 Å². The summed E-state index contributed by atoms with van der Waals surface area (Å²) in [6.07, 6.45) is -0.187. The number of ether oxygens (including phenoxy) is 1. The lowest BCUT2D eigenvalue weighted by Gasteiger charge is -2.32. The van der Waals surface area contributed by atoms with Crippen LogP contribution in [-0.2, 0) is 14.3 Å². The van der Waals surface area contributed by atoms with Crippen molar-refractivity contribution < 1.29 is 19.1 Å². The Morgan fingerprint density at radius 3 is 2.59 bits per heavy atom. The summed E-state index contributed by atoms with van der Waals surface area (Å²) in [5.41, 5.74) is 2.22. The molecule has 0 spiro atoms. The van der Waals surface area contributed by atoms with Gasteiger partial charge in [0, 0.05) is 49.2 Å². The lowest BCUT2D eigenvalue weighted by molar-refractivity contribution is -0.138. The van der Waals surface area contributed by atoms with Crippen molar-refractivity contribution >= 4 is 34.1 Å². The number of likely N-dealkylation sites (tertiary alicyclic amines) is 1. The number of Topliss-reactive ketones (excluding diaryl/α,β-unsaturated/α-hetero) is 1. The molecule has 206 valence electrons. The number of aromatic nitrogens is 1. The van der Waals surface area contributed by atoms with Gasteiger partial charge in [-0.05, 0) is 31.5 Å².